The summed E-state index contributed by atoms with van der Waals surface area (Å²) in [4.78, 5) is 0. The molecule has 2 nitrogen and oxygen atoms in total. The molecule has 1 unspecified atom stereocenters. The maximum absolute atomic E-state index is 5.85. The van der Waals surface area contributed by atoms with Crippen molar-refractivity contribution in [2.45, 2.75) is 18.8 Å². The van der Waals surface area contributed by atoms with Gasteiger partial charge in [0.05, 0.1) is 0 Å². The fourth-order valence-electron chi connectivity index (χ4n) is 2.10. The van der Waals surface area contributed by atoms with Crippen molar-refractivity contribution in [1.29, 1.82) is 0 Å². The van der Waals surface area contributed by atoms with Crippen LogP contribution in [0.1, 0.15) is 18.9 Å². The topological polar surface area (TPSA) is 38.0 Å². The lowest BCUT2D eigenvalue weighted by atomic mass is 9.80. The van der Waals surface area contributed by atoms with Crippen LogP contribution >= 0.6 is 0 Å². The SMILES string of the molecule is CCC1(CN)CNc2ccccc21. The molecule has 0 fully saturated rings. The van der Waals surface area contributed by atoms with Crippen LogP contribution in [0.3, 0.4) is 0 Å². The van der Waals surface area contributed by atoms with Crippen molar-refractivity contribution < 1.29 is 0 Å². The van der Waals surface area contributed by atoms with E-state index in [-0.39, 0.29) is 5.41 Å². The van der Waals surface area contributed by atoms with Crippen LogP contribution < -0.4 is 11.1 Å². The van der Waals surface area contributed by atoms with Crippen molar-refractivity contribution in [3.8, 4) is 0 Å². The molecule has 1 atom stereocenters. The van der Waals surface area contributed by atoms with Gasteiger partial charge < -0.3 is 11.1 Å². The van der Waals surface area contributed by atoms with E-state index in [9.17, 15) is 0 Å². The Hall–Kier alpha value is -1.02. The summed E-state index contributed by atoms with van der Waals surface area (Å²) in [6.07, 6.45) is 1.10. The van der Waals surface area contributed by atoms with Gasteiger partial charge in [-0.15, -0.1) is 0 Å². The summed E-state index contributed by atoms with van der Waals surface area (Å²) < 4.78 is 0. The van der Waals surface area contributed by atoms with Gasteiger partial charge in [-0.25, -0.2) is 0 Å². The Labute approximate surface area is 79.1 Å². The van der Waals surface area contributed by atoms with E-state index in [1.54, 1.807) is 0 Å². The van der Waals surface area contributed by atoms with E-state index in [0.717, 1.165) is 19.5 Å². The van der Waals surface area contributed by atoms with E-state index in [1.807, 2.05) is 0 Å². The highest BCUT2D eigenvalue weighted by Crippen LogP contribution is 2.37. The van der Waals surface area contributed by atoms with Crippen molar-refractivity contribution in [3.63, 3.8) is 0 Å². The summed E-state index contributed by atoms with van der Waals surface area (Å²) in [7, 11) is 0. The monoisotopic (exact) mass is 176 g/mol. The first-order valence-corrected chi connectivity index (χ1v) is 4.86. The first-order valence-electron chi connectivity index (χ1n) is 4.86. The van der Waals surface area contributed by atoms with Gasteiger partial charge in [0.1, 0.15) is 0 Å². The maximum Gasteiger partial charge on any atom is 0.0379 e. The van der Waals surface area contributed by atoms with Crippen molar-refractivity contribution >= 4 is 5.69 Å². The largest absolute Gasteiger partial charge is 0.384 e. The van der Waals surface area contributed by atoms with Crippen molar-refractivity contribution in [2.24, 2.45) is 5.73 Å². The average molecular weight is 176 g/mol. The average Bonchev–Trinajstić information content (AvgIpc) is 2.58. The number of nitrogens with one attached hydrogen (secondary N) is 1. The van der Waals surface area contributed by atoms with Crippen LogP contribution in [0, 0.1) is 0 Å². The predicted molar refractivity (Wildman–Crippen MR) is 56.0 cm³/mol. The van der Waals surface area contributed by atoms with Crippen molar-refractivity contribution in [2.75, 3.05) is 18.4 Å². The highest BCUT2D eigenvalue weighted by atomic mass is 14.9. The number of hydrogen-bond donors (Lipinski definition) is 2. The molecule has 1 aromatic rings. The summed E-state index contributed by atoms with van der Waals surface area (Å²) >= 11 is 0. The Kier molecular flexibility index (Phi) is 2.00. The molecule has 2 heteroatoms. The van der Waals surface area contributed by atoms with Gasteiger partial charge in [0.25, 0.3) is 0 Å². The Balaban J connectivity index is 2.47. The molecule has 0 saturated carbocycles. The molecule has 13 heavy (non-hydrogen) atoms. The molecule has 0 aromatic heterocycles. The van der Waals surface area contributed by atoms with E-state index in [1.165, 1.54) is 11.3 Å². The number of fused-ring (bicyclic) bond motifs is 1. The number of benzene rings is 1. The number of hydrogen-bond acceptors (Lipinski definition) is 2. The fraction of sp³-hybridized carbons (Fsp3) is 0.455. The van der Waals surface area contributed by atoms with Crippen LogP contribution in [0.25, 0.3) is 0 Å². The quantitative estimate of drug-likeness (QED) is 0.720. The van der Waals surface area contributed by atoms with Gasteiger partial charge in [-0.2, -0.15) is 0 Å². The molecule has 1 aliphatic heterocycles. The summed E-state index contributed by atoms with van der Waals surface area (Å²) in [5.41, 5.74) is 8.68. The second-order valence-corrected chi connectivity index (χ2v) is 3.74. The van der Waals surface area contributed by atoms with Crippen LogP contribution in [0.5, 0.6) is 0 Å². The van der Waals surface area contributed by atoms with Crippen LogP contribution in [0.4, 0.5) is 5.69 Å². The highest BCUT2D eigenvalue weighted by Gasteiger charge is 2.35. The molecule has 2 rings (SSSR count). The van der Waals surface area contributed by atoms with Gasteiger partial charge in [-0.3, -0.25) is 0 Å². The zero-order valence-corrected chi connectivity index (χ0v) is 8.01. The van der Waals surface area contributed by atoms with Crippen LogP contribution in [0.15, 0.2) is 24.3 Å². The molecule has 0 bridgehead atoms. The number of para-hydroxylation sites is 1. The third-order valence-corrected chi connectivity index (χ3v) is 3.18. The first-order chi connectivity index (χ1) is 6.32. The summed E-state index contributed by atoms with van der Waals surface area (Å²) in [5, 5.41) is 3.41. The lowest BCUT2D eigenvalue weighted by Gasteiger charge is -2.25. The molecule has 0 radical (unpaired) electrons. The third kappa shape index (κ3) is 1.13. The van der Waals surface area contributed by atoms with Gasteiger partial charge in [-0.1, -0.05) is 25.1 Å². The van der Waals surface area contributed by atoms with E-state index < -0.39 is 0 Å². The van der Waals surface area contributed by atoms with Crippen LogP contribution in [-0.4, -0.2) is 13.1 Å². The normalized spacial score (nSPS) is 25.4. The predicted octanol–water partition coefficient (Wildman–Crippen LogP) is 1.72. The van der Waals surface area contributed by atoms with Crippen LogP contribution in [0.2, 0.25) is 0 Å². The lowest BCUT2D eigenvalue weighted by Crippen LogP contribution is -2.36. The summed E-state index contributed by atoms with van der Waals surface area (Å²) in [6, 6.07) is 8.47. The van der Waals surface area contributed by atoms with Crippen LogP contribution in [-0.2, 0) is 5.41 Å². The highest BCUT2D eigenvalue weighted by molar-refractivity contribution is 5.60. The molecule has 0 saturated heterocycles. The Morgan fingerprint density at radius 2 is 2.23 bits per heavy atom. The maximum atomic E-state index is 5.85. The molecular formula is C11H16N2. The molecule has 0 spiro atoms. The molecule has 3 N–H and O–H groups in total. The summed E-state index contributed by atoms with van der Waals surface area (Å²) in [5.74, 6) is 0. The van der Waals surface area contributed by atoms with E-state index in [4.69, 9.17) is 5.73 Å². The lowest BCUT2D eigenvalue weighted by molar-refractivity contribution is 0.465. The number of anilines is 1. The van der Waals surface area contributed by atoms with Gasteiger partial charge in [0, 0.05) is 24.2 Å². The van der Waals surface area contributed by atoms with Gasteiger partial charge in [0.2, 0.25) is 0 Å². The summed E-state index contributed by atoms with van der Waals surface area (Å²) in [6.45, 7) is 3.92. The third-order valence-electron chi connectivity index (χ3n) is 3.18. The minimum absolute atomic E-state index is 0.177. The number of nitrogens with two attached hydrogens (primary N) is 1. The van der Waals surface area contributed by atoms with Crippen molar-refractivity contribution in [3.05, 3.63) is 29.8 Å². The Morgan fingerprint density at radius 1 is 1.46 bits per heavy atom. The Bertz CT molecular complexity index is 303. The molecule has 1 aliphatic rings. The Morgan fingerprint density at radius 3 is 2.92 bits per heavy atom. The number of rotatable bonds is 2. The molecule has 70 valence electrons. The van der Waals surface area contributed by atoms with E-state index in [2.05, 4.69) is 36.5 Å². The van der Waals surface area contributed by atoms with Gasteiger partial charge >= 0.3 is 0 Å². The molecule has 1 heterocycles. The standard InChI is InChI=1S/C11H16N2/c1-2-11(7-12)8-13-10-6-4-3-5-9(10)11/h3-6,13H,2,7-8,12H2,1H3. The minimum Gasteiger partial charge on any atom is -0.384 e. The smallest absolute Gasteiger partial charge is 0.0379 e. The first kappa shape index (κ1) is 8.57. The minimum atomic E-state index is 0.177. The fourth-order valence-corrected chi connectivity index (χ4v) is 2.10. The molecular weight excluding hydrogens is 160 g/mol. The van der Waals surface area contributed by atoms with Gasteiger partial charge in [0.15, 0.2) is 0 Å². The van der Waals surface area contributed by atoms with Crippen molar-refractivity contribution in [1.82, 2.24) is 0 Å². The van der Waals surface area contributed by atoms with Gasteiger partial charge in [-0.05, 0) is 18.1 Å². The zero-order valence-electron chi connectivity index (χ0n) is 8.01. The molecule has 0 aliphatic carbocycles. The molecule has 0 amide bonds. The molecule has 1 aromatic carbocycles. The van der Waals surface area contributed by atoms with E-state index >= 15 is 0 Å². The second kappa shape index (κ2) is 3.04. The van der Waals surface area contributed by atoms with E-state index in [0.29, 0.717) is 0 Å². The zero-order chi connectivity index (χ0) is 9.31. The second-order valence-electron chi connectivity index (χ2n) is 3.74.